The van der Waals surface area contributed by atoms with Gasteiger partial charge in [0.05, 0.1) is 25.1 Å². The Labute approximate surface area is 126 Å². The number of ether oxygens (including phenoxy) is 1. The zero-order chi connectivity index (χ0) is 13.8. The minimum absolute atomic E-state index is 0.751. The van der Waals surface area contributed by atoms with Crippen LogP contribution in [0.5, 0.6) is 0 Å². The normalized spacial score (nSPS) is 15.9. The zero-order valence-electron chi connectivity index (χ0n) is 11.0. The molecule has 5 heteroatoms. The number of nitrogens with zero attached hydrogens (tertiary/aromatic N) is 2. The highest BCUT2D eigenvalue weighted by atomic mass is 79.9. The second-order valence-corrected chi connectivity index (χ2v) is 5.34. The summed E-state index contributed by atoms with van der Waals surface area (Å²) in [5.41, 5.74) is 0.886. The maximum absolute atomic E-state index is 5.79. The number of halogens is 1. The largest absolute Gasteiger partial charge is 0.440 e. The van der Waals surface area contributed by atoms with Crippen molar-refractivity contribution in [1.29, 1.82) is 0 Å². The molecule has 3 rings (SSSR count). The van der Waals surface area contributed by atoms with Crippen LogP contribution in [-0.4, -0.2) is 32.5 Å². The Balaban J connectivity index is 1.72. The number of morpholine rings is 1. The maximum Gasteiger partial charge on any atom is 0.196 e. The number of hydrogen-bond donors (Lipinski definition) is 0. The third kappa shape index (κ3) is 3.11. The number of hydrogen-bond acceptors (Lipinski definition) is 4. The van der Waals surface area contributed by atoms with Crippen LogP contribution in [0.25, 0.3) is 0 Å². The number of furan rings is 1. The summed E-state index contributed by atoms with van der Waals surface area (Å²) in [5, 5.41) is 0. The summed E-state index contributed by atoms with van der Waals surface area (Å²) in [6.45, 7) is 3.24. The molecule has 0 saturated carbocycles. The molecule has 1 fully saturated rings. The monoisotopic (exact) mass is 334 g/mol. The van der Waals surface area contributed by atoms with Crippen LogP contribution in [0.3, 0.4) is 0 Å². The second kappa shape index (κ2) is 6.24. The maximum atomic E-state index is 5.79. The molecule has 104 valence electrons. The summed E-state index contributed by atoms with van der Waals surface area (Å²) in [5.74, 6) is 1.63. The van der Waals surface area contributed by atoms with E-state index in [1.807, 2.05) is 36.4 Å². The lowest BCUT2D eigenvalue weighted by atomic mass is 10.3. The highest BCUT2D eigenvalue weighted by Gasteiger charge is 2.14. The molecule has 4 nitrogen and oxygen atoms in total. The van der Waals surface area contributed by atoms with Crippen LogP contribution in [0.2, 0.25) is 0 Å². The molecule has 1 saturated heterocycles. The van der Waals surface area contributed by atoms with E-state index in [0.717, 1.165) is 48.1 Å². The van der Waals surface area contributed by atoms with Gasteiger partial charge in [0.1, 0.15) is 5.76 Å². The molecule has 1 aliphatic rings. The second-order valence-electron chi connectivity index (χ2n) is 4.49. The minimum Gasteiger partial charge on any atom is -0.440 e. The van der Waals surface area contributed by atoms with Gasteiger partial charge in [-0.05, 0) is 34.1 Å². The summed E-state index contributed by atoms with van der Waals surface area (Å²) in [7, 11) is 0. The Morgan fingerprint density at radius 2 is 1.90 bits per heavy atom. The molecule has 20 heavy (non-hydrogen) atoms. The van der Waals surface area contributed by atoms with Gasteiger partial charge in [0.25, 0.3) is 0 Å². The molecular formula is C15H15BrN2O2. The number of aliphatic imine (C=N–C) groups is 1. The quantitative estimate of drug-likeness (QED) is 0.804. The van der Waals surface area contributed by atoms with Crippen molar-refractivity contribution in [3.8, 4) is 0 Å². The molecule has 2 aromatic rings. The van der Waals surface area contributed by atoms with Crippen molar-refractivity contribution < 1.29 is 9.15 Å². The fraction of sp³-hybridized carbons (Fsp3) is 0.267. The van der Waals surface area contributed by atoms with Gasteiger partial charge in [-0.1, -0.05) is 12.1 Å². The average molecular weight is 335 g/mol. The van der Waals surface area contributed by atoms with Crippen LogP contribution in [0.4, 0.5) is 11.6 Å². The van der Waals surface area contributed by atoms with Crippen LogP contribution in [0, 0.1) is 0 Å². The van der Waals surface area contributed by atoms with Gasteiger partial charge in [-0.15, -0.1) is 0 Å². The van der Waals surface area contributed by atoms with E-state index < -0.39 is 0 Å². The Morgan fingerprint density at radius 1 is 1.10 bits per heavy atom. The molecule has 0 aliphatic carbocycles. The van der Waals surface area contributed by atoms with Gasteiger partial charge in [-0.3, -0.25) is 4.99 Å². The molecular weight excluding hydrogens is 320 g/mol. The third-order valence-electron chi connectivity index (χ3n) is 3.12. The van der Waals surface area contributed by atoms with Gasteiger partial charge in [0.15, 0.2) is 5.88 Å². The van der Waals surface area contributed by atoms with E-state index in [1.54, 1.807) is 6.21 Å². The Morgan fingerprint density at radius 3 is 2.70 bits per heavy atom. The fourth-order valence-electron chi connectivity index (χ4n) is 2.05. The van der Waals surface area contributed by atoms with Crippen LogP contribution in [0.15, 0.2) is 50.3 Å². The smallest absolute Gasteiger partial charge is 0.196 e. The van der Waals surface area contributed by atoms with Gasteiger partial charge in [-0.2, -0.15) is 0 Å². The first-order valence-corrected chi connectivity index (χ1v) is 7.33. The van der Waals surface area contributed by atoms with E-state index in [-0.39, 0.29) is 0 Å². The molecule has 0 spiro atoms. The van der Waals surface area contributed by atoms with E-state index in [9.17, 15) is 0 Å². The van der Waals surface area contributed by atoms with Crippen LogP contribution < -0.4 is 4.90 Å². The van der Waals surface area contributed by atoms with Crippen LogP contribution in [0.1, 0.15) is 5.76 Å². The summed E-state index contributed by atoms with van der Waals surface area (Å²) < 4.78 is 12.1. The highest BCUT2D eigenvalue weighted by molar-refractivity contribution is 9.10. The van der Waals surface area contributed by atoms with E-state index in [0.29, 0.717) is 0 Å². The van der Waals surface area contributed by atoms with Crippen molar-refractivity contribution >= 4 is 33.7 Å². The number of rotatable bonds is 3. The van der Waals surface area contributed by atoms with Gasteiger partial charge in [-0.25, -0.2) is 0 Å². The van der Waals surface area contributed by atoms with Gasteiger partial charge >= 0.3 is 0 Å². The molecule has 0 radical (unpaired) electrons. The van der Waals surface area contributed by atoms with Crippen molar-refractivity contribution in [2.75, 3.05) is 31.2 Å². The van der Waals surface area contributed by atoms with Crippen molar-refractivity contribution in [3.63, 3.8) is 0 Å². The predicted molar refractivity (Wildman–Crippen MR) is 83.1 cm³/mol. The lowest BCUT2D eigenvalue weighted by Gasteiger charge is -2.26. The van der Waals surface area contributed by atoms with Crippen molar-refractivity contribution in [1.82, 2.24) is 0 Å². The molecule has 1 aromatic carbocycles. The Hall–Kier alpha value is -1.59. The molecule has 1 aliphatic heterocycles. The minimum atomic E-state index is 0.751. The number of para-hydroxylation sites is 1. The standard InChI is InChI=1S/C15H15BrN2O2/c16-13-3-1-2-4-14(13)17-11-12-5-6-15(20-12)18-7-9-19-10-8-18/h1-6,11H,7-10H2. The molecule has 1 aromatic heterocycles. The van der Waals surface area contributed by atoms with E-state index in [1.165, 1.54) is 0 Å². The highest BCUT2D eigenvalue weighted by Crippen LogP contribution is 2.25. The summed E-state index contributed by atoms with van der Waals surface area (Å²) in [6, 6.07) is 11.8. The first-order chi connectivity index (χ1) is 9.83. The average Bonchev–Trinajstić information content (AvgIpc) is 2.96. The van der Waals surface area contributed by atoms with Gasteiger partial charge in [0.2, 0.25) is 0 Å². The van der Waals surface area contributed by atoms with Crippen molar-refractivity contribution in [2.45, 2.75) is 0 Å². The molecule has 0 amide bonds. The zero-order valence-corrected chi connectivity index (χ0v) is 12.5. The topological polar surface area (TPSA) is 38.0 Å². The fourth-order valence-corrected chi connectivity index (χ4v) is 2.44. The van der Waals surface area contributed by atoms with Crippen molar-refractivity contribution in [3.05, 3.63) is 46.6 Å². The molecule has 2 heterocycles. The lowest BCUT2D eigenvalue weighted by molar-refractivity contribution is 0.120. The SMILES string of the molecule is Brc1ccccc1N=Cc1ccc(N2CCOCC2)o1. The third-order valence-corrected chi connectivity index (χ3v) is 3.79. The van der Waals surface area contributed by atoms with E-state index >= 15 is 0 Å². The number of anilines is 1. The van der Waals surface area contributed by atoms with Gasteiger partial charge < -0.3 is 14.1 Å². The molecule has 0 atom stereocenters. The van der Waals surface area contributed by atoms with Crippen LogP contribution >= 0.6 is 15.9 Å². The Kier molecular flexibility index (Phi) is 4.18. The van der Waals surface area contributed by atoms with E-state index in [4.69, 9.17) is 9.15 Å². The molecule has 0 N–H and O–H groups in total. The van der Waals surface area contributed by atoms with Gasteiger partial charge in [0, 0.05) is 23.6 Å². The number of benzene rings is 1. The summed E-state index contributed by atoms with van der Waals surface area (Å²) in [6.07, 6.45) is 1.74. The molecule has 0 unspecified atom stereocenters. The molecule has 0 bridgehead atoms. The first-order valence-electron chi connectivity index (χ1n) is 6.54. The lowest BCUT2D eigenvalue weighted by Crippen LogP contribution is -2.35. The predicted octanol–water partition coefficient (Wildman–Crippen LogP) is 3.63. The first kappa shape index (κ1) is 13.4. The van der Waals surface area contributed by atoms with Crippen molar-refractivity contribution in [2.24, 2.45) is 4.99 Å². The Bertz CT molecular complexity index is 603. The van der Waals surface area contributed by atoms with E-state index in [2.05, 4.69) is 25.8 Å². The summed E-state index contributed by atoms with van der Waals surface area (Å²) in [4.78, 5) is 6.61. The van der Waals surface area contributed by atoms with Crippen LogP contribution in [-0.2, 0) is 4.74 Å². The summed E-state index contributed by atoms with van der Waals surface area (Å²) >= 11 is 3.47.